The summed E-state index contributed by atoms with van der Waals surface area (Å²) in [4.78, 5) is 0. The first kappa shape index (κ1) is 8.02. The lowest BCUT2D eigenvalue weighted by atomic mass is 9.97. The second-order valence-corrected chi connectivity index (χ2v) is 3.11. The summed E-state index contributed by atoms with van der Waals surface area (Å²) >= 11 is 0. The van der Waals surface area contributed by atoms with Crippen molar-refractivity contribution in [1.82, 2.24) is 11.3 Å². The molecular formula is C8H15N2+. The maximum Gasteiger partial charge on any atom is 0.265 e. The molecule has 1 rings (SSSR count). The van der Waals surface area contributed by atoms with Crippen molar-refractivity contribution >= 4 is 0 Å². The van der Waals surface area contributed by atoms with Crippen LogP contribution in [0.5, 0.6) is 0 Å². The SMILES string of the molecule is [N][N+]C1CCCCCCC1. The summed E-state index contributed by atoms with van der Waals surface area (Å²) in [5.41, 5.74) is 3.35. The van der Waals surface area contributed by atoms with Gasteiger partial charge in [0.2, 0.25) is 11.5 Å². The molecule has 1 saturated carbocycles. The van der Waals surface area contributed by atoms with Gasteiger partial charge in [0, 0.05) is 12.8 Å². The van der Waals surface area contributed by atoms with Crippen LogP contribution in [0.25, 0.3) is 0 Å². The van der Waals surface area contributed by atoms with Crippen molar-refractivity contribution in [3.8, 4) is 0 Å². The van der Waals surface area contributed by atoms with Gasteiger partial charge in [-0.05, 0) is 12.8 Å². The molecule has 0 aliphatic heterocycles. The fourth-order valence-corrected chi connectivity index (χ4v) is 1.55. The monoisotopic (exact) mass is 139 g/mol. The van der Waals surface area contributed by atoms with Crippen LogP contribution in [0.1, 0.15) is 44.9 Å². The highest BCUT2D eigenvalue weighted by Crippen LogP contribution is 2.16. The zero-order valence-electron chi connectivity index (χ0n) is 6.42. The predicted octanol–water partition coefficient (Wildman–Crippen LogP) is 1.69. The van der Waals surface area contributed by atoms with Gasteiger partial charge in [0.25, 0.3) is 5.84 Å². The van der Waals surface area contributed by atoms with Crippen LogP contribution in [0.4, 0.5) is 0 Å². The zero-order valence-corrected chi connectivity index (χ0v) is 6.42. The van der Waals surface area contributed by atoms with Crippen LogP contribution in [0, 0.1) is 0 Å². The zero-order chi connectivity index (χ0) is 7.23. The third-order valence-electron chi connectivity index (χ3n) is 2.24. The molecule has 4 radical (unpaired) electrons. The third-order valence-corrected chi connectivity index (χ3v) is 2.24. The van der Waals surface area contributed by atoms with Crippen LogP contribution in [-0.2, 0) is 0 Å². The van der Waals surface area contributed by atoms with E-state index in [-0.39, 0.29) is 6.04 Å². The van der Waals surface area contributed by atoms with Crippen molar-refractivity contribution in [3.05, 3.63) is 0 Å². The van der Waals surface area contributed by atoms with Gasteiger partial charge in [-0.15, -0.1) is 0 Å². The van der Waals surface area contributed by atoms with Crippen molar-refractivity contribution in [2.75, 3.05) is 0 Å². The largest absolute Gasteiger partial charge is 0.265 e. The number of rotatable bonds is 1. The summed E-state index contributed by atoms with van der Waals surface area (Å²) in [5, 5.41) is 0. The molecule has 1 aliphatic carbocycles. The molecule has 0 aromatic heterocycles. The van der Waals surface area contributed by atoms with E-state index < -0.39 is 0 Å². The second-order valence-electron chi connectivity index (χ2n) is 3.11. The molecule has 0 heterocycles. The van der Waals surface area contributed by atoms with E-state index in [2.05, 4.69) is 5.43 Å². The summed E-state index contributed by atoms with van der Waals surface area (Å²) in [6.45, 7) is 0. The van der Waals surface area contributed by atoms with Gasteiger partial charge in [0.1, 0.15) is 0 Å². The summed E-state index contributed by atoms with van der Waals surface area (Å²) in [5.74, 6) is 8.53. The normalized spacial score (nSPS) is 23.7. The highest BCUT2D eigenvalue weighted by Gasteiger charge is 2.21. The van der Waals surface area contributed by atoms with Gasteiger partial charge in [-0.2, -0.15) is 0 Å². The molecule has 10 heavy (non-hydrogen) atoms. The Morgan fingerprint density at radius 1 is 0.900 bits per heavy atom. The van der Waals surface area contributed by atoms with Crippen molar-refractivity contribution in [2.24, 2.45) is 0 Å². The first-order valence-corrected chi connectivity index (χ1v) is 4.27. The highest BCUT2D eigenvalue weighted by atomic mass is 15.2. The molecule has 0 spiro atoms. The topological polar surface area (TPSA) is 36.4 Å². The molecular weight excluding hydrogens is 124 g/mol. The molecule has 0 unspecified atom stereocenters. The quantitative estimate of drug-likeness (QED) is 0.496. The highest BCUT2D eigenvalue weighted by molar-refractivity contribution is 4.65. The summed E-state index contributed by atoms with van der Waals surface area (Å²) in [6.07, 6.45) is 8.70. The molecule has 0 amide bonds. The van der Waals surface area contributed by atoms with E-state index in [4.69, 9.17) is 5.84 Å². The summed E-state index contributed by atoms with van der Waals surface area (Å²) in [6, 6.07) is 0.250. The molecule has 0 aromatic rings. The molecule has 2 heteroatoms. The van der Waals surface area contributed by atoms with Crippen molar-refractivity contribution < 1.29 is 0 Å². The van der Waals surface area contributed by atoms with Crippen LogP contribution in [-0.4, -0.2) is 6.04 Å². The number of nitrogens with zero attached hydrogens (tertiary/aromatic N) is 2. The van der Waals surface area contributed by atoms with E-state index in [1.165, 1.54) is 32.1 Å². The standard InChI is InChI=1S/C8H15N2/c9-10-8-6-4-2-1-3-5-7-8/h8H,1-7H2/q+1. The van der Waals surface area contributed by atoms with Gasteiger partial charge in [-0.1, -0.05) is 19.3 Å². The van der Waals surface area contributed by atoms with Gasteiger partial charge in [0.05, 0.1) is 0 Å². The molecule has 1 fully saturated rings. The van der Waals surface area contributed by atoms with Gasteiger partial charge in [-0.3, -0.25) is 0 Å². The third kappa shape index (κ3) is 2.67. The average Bonchev–Trinajstić information content (AvgIpc) is 1.87. The van der Waals surface area contributed by atoms with Crippen molar-refractivity contribution in [3.63, 3.8) is 0 Å². The minimum absolute atomic E-state index is 0.250. The first-order chi connectivity index (χ1) is 4.93. The lowest BCUT2D eigenvalue weighted by Gasteiger charge is -2.07. The predicted molar refractivity (Wildman–Crippen MR) is 40.4 cm³/mol. The maximum atomic E-state index is 8.53. The average molecular weight is 139 g/mol. The minimum Gasteiger partial charge on any atom is -0.0533 e. The maximum absolute atomic E-state index is 8.53. The van der Waals surface area contributed by atoms with E-state index in [1.807, 2.05) is 0 Å². The molecule has 0 bridgehead atoms. The van der Waals surface area contributed by atoms with Crippen LogP contribution in [0.2, 0.25) is 0 Å². The second kappa shape index (κ2) is 4.69. The molecule has 0 saturated heterocycles. The molecule has 2 nitrogen and oxygen atoms in total. The Balaban J connectivity index is 2.16. The van der Waals surface area contributed by atoms with E-state index in [9.17, 15) is 0 Å². The van der Waals surface area contributed by atoms with E-state index in [1.54, 1.807) is 0 Å². The van der Waals surface area contributed by atoms with Gasteiger partial charge in [0.15, 0.2) is 0 Å². The van der Waals surface area contributed by atoms with Crippen molar-refractivity contribution in [1.29, 1.82) is 0 Å². The lowest BCUT2D eigenvalue weighted by Crippen LogP contribution is -2.21. The van der Waals surface area contributed by atoms with Crippen LogP contribution < -0.4 is 11.3 Å². The summed E-state index contributed by atoms with van der Waals surface area (Å²) in [7, 11) is 0. The van der Waals surface area contributed by atoms with Gasteiger partial charge < -0.3 is 0 Å². The van der Waals surface area contributed by atoms with E-state index >= 15 is 0 Å². The molecule has 0 atom stereocenters. The first-order valence-electron chi connectivity index (χ1n) is 4.27. The van der Waals surface area contributed by atoms with E-state index in [0.717, 1.165) is 12.8 Å². The van der Waals surface area contributed by atoms with Gasteiger partial charge in [-0.25, -0.2) is 0 Å². The molecule has 56 valence electrons. The lowest BCUT2D eigenvalue weighted by molar-refractivity contribution is 0.384. The molecule has 0 N–H and O–H groups in total. The fourth-order valence-electron chi connectivity index (χ4n) is 1.55. The number of hydrogen-bond donors (Lipinski definition) is 0. The Bertz CT molecular complexity index is 75.3. The Morgan fingerprint density at radius 3 is 1.90 bits per heavy atom. The minimum atomic E-state index is 0.250. The van der Waals surface area contributed by atoms with Crippen molar-refractivity contribution in [2.45, 2.75) is 51.0 Å². The van der Waals surface area contributed by atoms with Crippen LogP contribution >= 0.6 is 0 Å². The Hall–Kier alpha value is -0.0800. The Labute approximate surface area is 63.1 Å². The number of hydrogen-bond acceptors (Lipinski definition) is 0. The molecule has 1 aliphatic rings. The fraction of sp³-hybridized carbons (Fsp3) is 1.00. The van der Waals surface area contributed by atoms with Crippen LogP contribution in [0.3, 0.4) is 0 Å². The Kier molecular flexibility index (Phi) is 3.76. The molecule has 0 aromatic carbocycles. The smallest absolute Gasteiger partial charge is 0.0533 e. The van der Waals surface area contributed by atoms with Gasteiger partial charge >= 0.3 is 0 Å². The Morgan fingerprint density at radius 2 is 1.40 bits per heavy atom. The van der Waals surface area contributed by atoms with E-state index in [0.29, 0.717) is 0 Å². The van der Waals surface area contributed by atoms with Crippen LogP contribution in [0.15, 0.2) is 0 Å². The summed E-state index contributed by atoms with van der Waals surface area (Å²) < 4.78 is 0.